The second-order valence-corrected chi connectivity index (χ2v) is 9.46. The summed E-state index contributed by atoms with van der Waals surface area (Å²) in [6, 6.07) is 10.2. The monoisotopic (exact) mass is 381 g/mol. The van der Waals surface area contributed by atoms with Crippen LogP contribution < -0.4 is 10.6 Å². The number of nitrogens with one attached hydrogen (secondary N) is 2. The number of hydrogen-bond acceptors (Lipinski definition) is 5. The number of nitrogens with zero attached hydrogens (tertiary/aromatic N) is 1. The zero-order valence-corrected chi connectivity index (χ0v) is 16.7. The van der Waals surface area contributed by atoms with Crippen molar-refractivity contribution in [1.29, 1.82) is 0 Å². The van der Waals surface area contributed by atoms with Crippen molar-refractivity contribution in [2.45, 2.75) is 50.8 Å². The number of carbonyl (C=O) groups is 1. The zero-order valence-electron chi connectivity index (χ0n) is 16.7. The molecule has 28 heavy (non-hydrogen) atoms. The maximum Gasteiger partial charge on any atom is 0.313 e. The van der Waals surface area contributed by atoms with Crippen LogP contribution in [0.25, 0.3) is 0 Å². The summed E-state index contributed by atoms with van der Waals surface area (Å²) in [5.41, 5.74) is 0.646. The molecule has 2 saturated heterocycles. The molecular weight excluding hydrogens is 350 g/mol. The number of benzene rings is 1. The van der Waals surface area contributed by atoms with E-state index in [-0.39, 0.29) is 17.6 Å². The Labute approximate surface area is 167 Å². The van der Waals surface area contributed by atoms with E-state index >= 15 is 0 Å². The maximum absolute atomic E-state index is 13.7. The van der Waals surface area contributed by atoms with Gasteiger partial charge in [0.2, 0.25) is 0 Å². The standard InChI is InChI=1S/C23H31N3O2/c1-22-11-19-17-7-8-18(14-24-13-17)23(19,12-20(22)25-9-10-26-22)21(27)28-15-16-5-3-2-4-6-16/h2-6,9,17-20,24,26H,7-8,10-15H2,1H3/t17?,18?,19?,20?,22-,23?/m1/s1. The van der Waals surface area contributed by atoms with Gasteiger partial charge in [-0.15, -0.1) is 0 Å². The number of aliphatic imine (C=N–C) groups is 1. The summed E-state index contributed by atoms with van der Waals surface area (Å²) in [6.07, 6.45) is 6.16. The van der Waals surface area contributed by atoms with Crippen molar-refractivity contribution < 1.29 is 9.53 Å². The molecule has 0 amide bonds. The Morgan fingerprint density at radius 1 is 1.21 bits per heavy atom. The highest BCUT2D eigenvalue weighted by molar-refractivity contribution is 5.79. The summed E-state index contributed by atoms with van der Waals surface area (Å²) >= 11 is 0. The number of hydrogen-bond donors (Lipinski definition) is 2. The van der Waals surface area contributed by atoms with Crippen molar-refractivity contribution in [3.8, 4) is 0 Å². The Morgan fingerprint density at radius 3 is 2.93 bits per heavy atom. The van der Waals surface area contributed by atoms with Crippen LogP contribution in [0.4, 0.5) is 0 Å². The van der Waals surface area contributed by atoms with Gasteiger partial charge in [0.1, 0.15) is 6.61 Å². The van der Waals surface area contributed by atoms with E-state index in [1.54, 1.807) is 0 Å². The quantitative estimate of drug-likeness (QED) is 0.790. The van der Waals surface area contributed by atoms with Crippen molar-refractivity contribution in [3.63, 3.8) is 0 Å². The fourth-order valence-electron chi connectivity index (χ4n) is 6.50. The average molecular weight is 382 g/mol. The first-order valence-corrected chi connectivity index (χ1v) is 10.8. The molecule has 4 fully saturated rings. The molecule has 6 rings (SSSR count). The van der Waals surface area contributed by atoms with Gasteiger partial charge in [0.25, 0.3) is 0 Å². The topological polar surface area (TPSA) is 62.7 Å². The van der Waals surface area contributed by atoms with E-state index in [0.717, 1.165) is 44.5 Å². The number of carbonyl (C=O) groups excluding carboxylic acids is 1. The minimum Gasteiger partial charge on any atom is -0.460 e. The van der Waals surface area contributed by atoms with Crippen LogP contribution in [0.3, 0.4) is 0 Å². The third-order valence-electron chi connectivity index (χ3n) is 8.03. The van der Waals surface area contributed by atoms with Gasteiger partial charge < -0.3 is 15.4 Å². The highest BCUT2D eigenvalue weighted by atomic mass is 16.5. The Morgan fingerprint density at radius 2 is 2.07 bits per heavy atom. The fraction of sp³-hybridized carbons (Fsp3) is 0.652. The Kier molecular flexibility index (Phi) is 4.55. The van der Waals surface area contributed by atoms with Crippen LogP contribution in [-0.4, -0.2) is 43.4 Å². The van der Waals surface area contributed by atoms with Crippen LogP contribution in [0.15, 0.2) is 35.3 Å². The zero-order chi connectivity index (χ0) is 19.2. The molecule has 5 aliphatic rings. The van der Waals surface area contributed by atoms with Gasteiger partial charge in [0.05, 0.1) is 11.5 Å². The largest absolute Gasteiger partial charge is 0.460 e. The van der Waals surface area contributed by atoms with Gasteiger partial charge in [-0.3, -0.25) is 9.79 Å². The first-order valence-electron chi connectivity index (χ1n) is 10.8. The molecule has 0 spiro atoms. The Balaban J connectivity index is 1.48. The van der Waals surface area contributed by atoms with E-state index in [4.69, 9.17) is 9.73 Å². The van der Waals surface area contributed by atoms with Gasteiger partial charge in [-0.25, -0.2) is 0 Å². The summed E-state index contributed by atoms with van der Waals surface area (Å²) in [7, 11) is 0. The highest BCUT2D eigenvalue weighted by Crippen LogP contribution is 2.59. The predicted molar refractivity (Wildman–Crippen MR) is 109 cm³/mol. The molecule has 1 aromatic rings. The van der Waals surface area contributed by atoms with E-state index in [1.165, 1.54) is 6.42 Å². The van der Waals surface area contributed by atoms with Gasteiger partial charge >= 0.3 is 5.97 Å². The summed E-state index contributed by atoms with van der Waals surface area (Å²) < 4.78 is 6.01. The molecule has 1 aromatic carbocycles. The molecule has 2 N–H and O–H groups in total. The van der Waals surface area contributed by atoms with E-state index in [9.17, 15) is 4.79 Å². The average Bonchev–Trinajstić information content (AvgIpc) is 3.05. The summed E-state index contributed by atoms with van der Waals surface area (Å²) in [5, 5.41) is 7.35. The second-order valence-electron chi connectivity index (χ2n) is 9.46. The molecule has 2 bridgehead atoms. The van der Waals surface area contributed by atoms with Crippen molar-refractivity contribution in [3.05, 3.63) is 35.9 Å². The number of esters is 1. The van der Waals surface area contributed by atoms with E-state index in [2.05, 4.69) is 17.6 Å². The van der Waals surface area contributed by atoms with Crippen molar-refractivity contribution in [1.82, 2.24) is 10.6 Å². The SMILES string of the molecule is C[C@@]12CC3C4CCC(CNC4)C3(C(=O)OCc3ccccc3)CC1N=CCN2. The molecular formula is C23H31N3O2. The predicted octanol–water partition coefficient (Wildman–Crippen LogP) is 2.56. The fourth-order valence-corrected chi connectivity index (χ4v) is 6.50. The Bertz CT molecular complexity index is 762. The number of fused-ring (bicyclic) bond motifs is 4. The maximum atomic E-state index is 13.7. The molecule has 2 saturated carbocycles. The van der Waals surface area contributed by atoms with Crippen LogP contribution in [0.5, 0.6) is 0 Å². The summed E-state index contributed by atoms with van der Waals surface area (Å²) in [4.78, 5) is 18.6. The van der Waals surface area contributed by atoms with Gasteiger partial charge in [0, 0.05) is 18.3 Å². The third-order valence-corrected chi connectivity index (χ3v) is 8.03. The molecule has 0 radical (unpaired) electrons. The number of ether oxygens (including phenoxy) is 1. The van der Waals surface area contributed by atoms with Gasteiger partial charge in [-0.2, -0.15) is 0 Å². The summed E-state index contributed by atoms with van der Waals surface area (Å²) in [5.74, 6) is 1.28. The van der Waals surface area contributed by atoms with Crippen LogP contribution >= 0.6 is 0 Å². The lowest BCUT2D eigenvalue weighted by molar-refractivity contribution is -0.179. The Hall–Kier alpha value is -1.72. The molecule has 2 aliphatic carbocycles. The molecule has 5 heteroatoms. The van der Waals surface area contributed by atoms with Crippen molar-refractivity contribution in [2.24, 2.45) is 28.2 Å². The number of rotatable bonds is 3. The third kappa shape index (κ3) is 2.82. The second kappa shape index (κ2) is 6.96. The first-order chi connectivity index (χ1) is 13.6. The van der Waals surface area contributed by atoms with Gasteiger partial charge in [-0.1, -0.05) is 30.3 Å². The molecule has 3 heterocycles. The molecule has 5 nitrogen and oxygen atoms in total. The minimum atomic E-state index is -0.401. The highest BCUT2D eigenvalue weighted by Gasteiger charge is 2.64. The molecule has 150 valence electrons. The van der Waals surface area contributed by atoms with Crippen LogP contribution in [-0.2, 0) is 16.1 Å². The van der Waals surface area contributed by atoms with E-state index in [1.807, 2.05) is 36.5 Å². The normalized spacial score (nSPS) is 41.6. The molecule has 6 atom stereocenters. The van der Waals surface area contributed by atoms with Crippen LogP contribution in [0, 0.1) is 23.2 Å². The van der Waals surface area contributed by atoms with Crippen molar-refractivity contribution >= 4 is 12.2 Å². The van der Waals surface area contributed by atoms with Gasteiger partial charge in [-0.05, 0) is 69.0 Å². The molecule has 0 aromatic heterocycles. The van der Waals surface area contributed by atoms with Crippen molar-refractivity contribution in [2.75, 3.05) is 19.6 Å². The minimum absolute atomic E-state index is 0.00684. The first kappa shape index (κ1) is 18.3. The lowest BCUT2D eigenvalue weighted by Gasteiger charge is -2.58. The van der Waals surface area contributed by atoms with E-state index in [0.29, 0.717) is 24.4 Å². The summed E-state index contributed by atoms with van der Waals surface area (Å²) in [6.45, 7) is 5.45. The van der Waals surface area contributed by atoms with Crippen LogP contribution in [0.1, 0.15) is 38.2 Å². The molecule has 3 aliphatic heterocycles. The lowest BCUT2D eigenvalue weighted by atomic mass is 9.48. The molecule has 5 unspecified atom stereocenters. The van der Waals surface area contributed by atoms with Crippen LogP contribution in [0.2, 0.25) is 0 Å². The smallest absolute Gasteiger partial charge is 0.313 e. The van der Waals surface area contributed by atoms with E-state index < -0.39 is 5.41 Å². The lowest BCUT2D eigenvalue weighted by Crippen LogP contribution is -2.66. The van der Waals surface area contributed by atoms with Gasteiger partial charge in [0.15, 0.2) is 0 Å².